The molecule has 2 aromatic carbocycles. The van der Waals surface area contributed by atoms with Crippen molar-refractivity contribution in [2.24, 2.45) is 0 Å². The Morgan fingerprint density at radius 3 is 2.19 bits per heavy atom. The standard InChI is InChI=1S/C22H19F5N2O3/c1-21(2,3)28-17-15(23)8-13-18(16(17)24)29(10-14(19(13)30)20(31)32)9-11-4-6-12(7-5-11)22(25,26)27/h4-8,10,28H,9H2,1-3H3,(H,31,32). The summed E-state index contributed by atoms with van der Waals surface area (Å²) < 4.78 is 69.5. The van der Waals surface area contributed by atoms with Crippen LogP contribution in [0.3, 0.4) is 0 Å². The molecule has 5 nitrogen and oxygen atoms in total. The molecule has 0 unspecified atom stereocenters. The summed E-state index contributed by atoms with van der Waals surface area (Å²) in [5.74, 6) is -3.79. The maximum absolute atomic E-state index is 15.4. The summed E-state index contributed by atoms with van der Waals surface area (Å²) in [4.78, 5) is 24.1. The maximum atomic E-state index is 15.4. The van der Waals surface area contributed by atoms with Crippen LogP contribution in [0.2, 0.25) is 0 Å². The van der Waals surface area contributed by atoms with Crippen molar-refractivity contribution in [1.29, 1.82) is 0 Å². The third kappa shape index (κ3) is 4.58. The van der Waals surface area contributed by atoms with Gasteiger partial charge in [0.2, 0.25) is 5.43 Å². The number of aromatic nitrogens is 1. The van der Waals surface area contributed by atoms with E-state index in [0.29, 0.717) is 0 Å². The molecule has 0 radical (unpaired) electrons. The van der Waals surface area contributed by atoms with Crippen molar-refractivity contribution in [2.45, 2.75) is 39.0 Å². The average molecular weight is 454 g/mol. The average Bonchev–Trinajstić information content (AvgIpc) is 2.66. The number of carboxylic acid groups (broad SMARTS) is 1. The molecule has 0 saturated heterocycles. The number of hydrogen-bond acceptors (Lipinski definition) is 3. The minimum Gasteiger partial charge on any atom is -0.477 e. The highest BCUT2D eigenvalue weighted by atomic mass is 19.4. The molecule has 170 valence electrons. The van der Waals surface area contributed by atoms with E-state index >= 15 is 4.39 Å². The van der Waals surface area contributed by atoms with Gasteiger partial charge in [0.1, 0.15) is 17.1 Å². The molecule has 0 spiro atoms. The molecule has 1 aromatic heterocycles. The number of carbonyl (C=O) groups is 1. The van der Waals surface area contributed by atoms with Crippen LogP contribution in [0.15, 0.2) is 41.3 Å². The zero-order valence-electron chi connectivity index (χ0n) is 17.3. The highest BCUT2D eigenvalue weighted by Gasteiger charge is 2.30. The highest BCUT2D eigenvalue weighted by Crippen LogP contribution is 2.31. The summed E-state index contributed by atoms with van der Waals surface area (Å²) in [5.41, 5.74) is -4.01. The van der Waals surface area contributed by atoms with Gasteiger partial charge in [0.05, 0.1) is 16.5 Å². The van der Waals surface area contributed by atoms with Gasteiger partial charge in [0, 0.05) is 18.3 Å². The van der Waals surface area contributed by atoms with Crippen molar-refractivity contribution in [3.05, 3.63) is 75.1 Å². The lowest BCUT2D eigenvalue weighted by molar-refractivity contribution is -0.137. The quantitative estimate of drug-likeness (QED) is 0.528. The van der Waals surface area contributed by atoms with Crippen LogP contribution in [0.4, 0.5) is 27.6 Å². The van der Waals surface area contributed by atoms with Crippen LogP contribution in [0.1, 0.15) is 42.3 Å². The molecule has 0 atom stereocenters. The van der Waals surface area contributed by atoms with E-state index in [2.05, 4.69) is 5.32 Å². The first kappa shape index (κ1) is 23.2. The number of nitrogens with zero attached hydrogens (tertiary/aromatic N) is 1. The predicted octanol–water partition coefficient (Wildman–Crippen LogP) is 5.26. The Labute approximate surface area is 179 Å². The molecule has 0 aliphatic heterocycles. The fraction of sp³-hybridized carbons (Fsp3) is 0.273. The smallest absolute Gasteiger partial charge is 0.416 e. The lowest BCUT2D eigenvalue weighted by Crippen LogP contribution is -2.28. The molecule has 10 heteroatoms. The van der Waals surface area contributed by atoms with Gasteiger partial charge in [0.15, 0.2) is 5.82 Å². The normalized spacial score (nSPS) is 12.2. The van der Waals surface area contributed by atoms with Gasteiger partial charge in [-0.3, -0.25) is 4.79 Å². The number of alkyl halides is 3. The SMILES string of the molecule is CC(C)(C)Nc1c(F)cc2c(=O)c(C(=O)O)cn(Cc3ccc(C(F)(F)F)cc3)c2c1F. The van der Waals surface area contributed by atoms with Crippen LogP contribution in [0.5, 0.6) is 0 Å². The summed E-state index contributed by atoms with van der Waals surface area (Å²) in [6, 6.07) is 4.73. The van der Waals surface area contributed by atoms with E-state index in [4.69, 9.17) is 0 Å². The second-order valence-corrected chi connectivity index (χ2v) is 8.32. The molecular weight excluding hydrogens is 435 g/mol. The van der Waals surface area contributed by atoms with Gasteiger partial charge in [-0.25, -0.2) is 13.6 Å². The van der Waals surface area contributed by atoms with E-state index in [9.17, 15) is 32.3 Å². The molecule has 3 rings (SSSR count). The summed E-state index contributed by atoms with van der Waals surface area (Å²) >= 11 is 0. The first-order valence-electron chi connectivity index (χ1n) is 9.42. The van der Waals surface area contributed by atoms with Crippen molar-refractivity contribution >= 4 is 22.6 Å². The summed E-state index contributed by atoms with van der Waals surface area (Å²) in [7, 11) is 0. The van der Waals surface area contributed by atoms with Gasteiger partial charge in [-0.15, -0.1) is 0 Å². The summed E-state index contributed by atoms with van der Waals surface area (Å²) in [5, 5.41) is 11.5. The molecule has 2 N–H and O–H groups in total. The fourth-order valence-electron chi connectivity index (χ4n) is 3.25. The molecule has 3 aromatic rings. The molecule has 0 aliphatic rings. The Kier molecular flexibility index (Phi) is 5.75. The number of halogens is 5. The Morgan fingerprint density at radius 1 is 1.09 bits per heavy atom. The Morgan fingerprint density at radius 2 is 1.69 bits per heavy atom. The van der Waals surface area contributed by atoms with Gasteiger partial charge >= 0.3 is 12.1 Å². The van der Waals surface area contributed by atoms with E-state index in [1.54, 1.807) is 20.8 Å². The predicted molar refractivity (Wildman–Crippen MR) is 109 cm³/mol. The van der Waals surface area contributed by atoms with Crippen LogP contribution in [0, 0.1) is 11.6 Å². The molecule has 0 fully saturated rings. The van der Waals surface area contributed by atoms with E-state index < -0.39 is 56.9 Å². The van der Waals surface area contributed by atoms with E-state index in [0.717, 1.165) is 41.1 Å². The maximum Gasteiger partial charge on any atom is 0.416 e. The topological polar surface area (TPSA) is 71.3 Å². The molecule has 32 heavy (non-hydrogen) atoms. The van der Waals surface area contributed by atoms with Crippen LogP contribution < -0.4 is 10.7 Å². The minimum atomic E-state index is -4.55. The van der Waals surface area contributed by atoms with Gasteiger partial charge in [-0.1, -0.05) is 12.1 Å². The number of nitrogens with one attached hydrogen (secondary N) is 1. The zero-order chi connectivity index (χ0) is 24.0. The molecule has 0 saturated carbocycles. The van der Waals surface area contributed by atoms with Gasteiger partial charge in [-0.2, -0.15) is 13.2 Å². The van der Waals surface area contributed by atoms with Crippen LogP contribution in [0.25, 0.3) is 10.9 Å². The Balaban J connectivity index is 2.25. The molecule has 0 bridgehead atoms. The van der Waals surface area contributed by atoms with Crippen molar-refractivity contribution in [1.82, 2.24) is 4.57 Å². The third-order valence-corrected chi connectivity index (χ3v) is 4.62. The molecule has 0 amide bonds. The second kappa shape index (κ2) is 7.92. The fourth-order valence-corrected chi connectivity index (χ4v) is 3.25. The van der Waals surface area contributed by atoms with Gasteiger partial charge in [-0.05, 0) is 44.5 Å². The van der Waals surface area contributed by atoms with E-state index in [-0.39, 0.29) is 17.6 Å². The summed E-state index contributed by atoms with van der Waals surface area (Å²) in [6.07, 6.45) is -3.65. The number of pyridine rings is 1. The molecule has 0 aliphatic carbocycles. The monoisotopic (exact) mass is 454 g/mol. The zero-order valence-corrected chi connectivity index (χ0v) is 17.3. The van der Waals surface area contributed by atoms with Gasteiger partial charge < -0.3 is 15.0 Å². The van der Waals surface area contributed by atoms with Crippen LogP contribution in [-0.2, 0) is 12.7 Å². The number of anilines is 1. The Bertz CT molecular complexity index is 1260. The van der Waals surface area contributed by atoms with Crippen LogP contribution in [-0.4, -0.2) is 21.2 Å². The lowest BCUT2D eigenvalue weighted by atomic mass is 10.1. The number of fused-ring (bicyclic) bond motifs is 1. The highest BCUT2D eigenvalue weighted by molar-refractivity contribution is 5.93. The van der Waals surface area contributed by atoms with Gasteiger partial charge in [0.25, 0.3) is 0 Å². The third-order valence-electron chi connectivity index (χ3n) is 4.62. The Hall–Kier alpha value is -3.43. The van der Waals surface area contributed by atoms with Crippen LogP contribution >= 0.6 is 0 Å². The molecule has 1 heterocycles. The first-order valence-corrected chi connectivity index (χ1v) is 9.42. The van der Waals surface area contributed by atoms with Crippen molar-refractivity contribution < 1.29 is 31.9 Å². The number of carboxylic acids is 1. The van der Waals surface area contributed by atoms with Crippen molar-refractivity contribution in [3.8, 4) is 0 Å². The lowest BCUT2D eigenvalue weighted by Gasteiger charge is -2.24. The largest absolute Gasteiger partial charge is 0.477 e. The number of aromatic carboxylic acids is 1. The number of hydrogen-bond donors (Lipinski definition) is 2. The van der Waals surface area contributed by atoms with E-state index in [1.165, 1.54) is 0 Å². The number of rotatable bonds is 4. The molecular formula is C22H19F5N2O3. The first-order chi connectivity index (χ1) is 14.7. The minimum absolute atomic E-state index is 0.257. The van der Waals surface area contributed by atoms with Crippen molar-refractivity contribution in [3.63, 3.8) is 0 Å². The van der Waals surface area contributed by atoms with Crippen molar-refractivity contribution in [2.75, 3.05) is 5.32 Å². The summed E-state index contributed by atoms with van der Waals surface area (Å²) in [6.45, 7) is 4.74. The van der Waals surface area contributed by atoms with E-state index in [1.807, 2.05) is 0 Å². The second-order valence-electron chi connectivity index (χ2n) is 8.32. The number of benzene rings is 2.